The van der Waals surface area contributed by atoms with Crippen molar-refractivity contribution in [3.05, 3.63) is 47.7 Å². The third-order valence-electron chi connectivity index (χ3n) is 4.04. The quantitative estimate of drug-likeness (QED) is 0.646. The van der Waals surface area contributed by atoms with Crippen LogP contribution >= 0.6 is 0 Å². The van der Waals surface area contributed by atoms with E-state index in [1.54, 1.807) is 12.3 Å². The molecule has 0 saturated carbocycles. The fourth-order valence-electron chi connectivity index (χ4n) is 2.79. The van der Waals surface area contributed by atoms with Crippen molar-refractivity contribution in [3.8, 4) is 5.75 Å². The van der Waals surface area contributed by atoms with Crippen molar-refractivity contribution < 1.29 is 9.47 Å². The van der Waals surface area contributed by atoms with E-state index in [1.807, 2.05) is 38.1 Å². The van der Waals surface area contributed by atoms with Gasteiger partial charge in [-0.25, -0.2) is 4.98 Å². The van der Waals surface area contributed by atoms with Crippen LogP contribution in [-0.2, 0) is 4.74 Å². The molecule has 0 unspecified atom stereocenters. The number of rotatable bonds is 5. The standard InChI is InChI=1S/C19H24N4O2/c1-13(2)25-15-3-4-17(20)16(12-15)19(21)14-5-6-22-18(11-14)23-7-9-24-10-8-23/h3-6,11-13,21H,7-10,20H2,1-2H3. The monoisotopic (exact) mass is 340 g/mol. The topological polar surface area (TPSA) is 84.5 Å². The molecule has 3 rings (SSSR count). The van der Waals surface area contributed by atoms with Crippen molar-refractivity contribution in [3.63, 3.8) is 0 Å². The van der Waals surface area contributed by atoms with Gasteiger partial charge in [0.1, 0.15) is 11.6 Å². The first-order chi connectivity index (χ1) is 12.0. The second kappa shape index (κ2) is 7.53. The van der Waals surface area contributed by atoms with Crippen molar-refractivity contribution >= 4 is 17.2 Å². The van der Waals surface area contributed by atoms with Crippen molar-refractivity contribution in [2.75, 3.05) is 36.9 Å². The largest absolute Gasteiger partial charge is 0.491 e. The lowest BCUT2D eigenvalue weighted by atomic mass is 10.0. The van der Waals surface area contributed by atoms with Crippen LogP contribution < -0.4 is 15.4 Å². The smallest absolute Gasteiger partial charge is 0.129 e. The molecule has 0 amide bonds. The van der Waals surface area contributed by atoms with Gasteiger partial charge in [-0.15, -0.1) is 0 Å². The van der Waals surface area contributed by atoms with E-state index < -0.39 is 0 Å². The molecule has 3 N–H and O–H groups in total. The van der Waals surface area contributed by atoms with Crippen LogP contribution in [0.4, 0.5) is 11.5 Å². The zero-order valence-corrected chi connectivity index (χ0v) is 14.7. The summed E-state index contributed by atoms with van der Waals surface area (Å²) in [5.41, 5.74) is 8.47. The molecule has 0 aliphatic carbocycles. The van der Waals surface area contributed by atoms with Gasteiger partial charge in [-0.3, -0.25) is 5.41 Å². The number of ether oxygens (including phenoxy) is 2. The SMILES string of the molecule is CC(C)Oc1ccc(N)c(C(=N)c2ccnc(N3CCOCC3)c2)c1. The van der Waals surface area contributed by atoms with Gasteiger partial charge >= 0.3 is 0 Å². The Labute approximate surface area is 148 Å². The Morgan fingerprint density at radius 3 is 2.72 bits per heavy atom. The van der Waals surface area contributed by atoms with Crippen LogP contribution in [0.25, 0.3) is 0 Å². The van der Waals surface area contributed by atoms with Crippen LogP contribution in [0.5, 0.6) is 5.75 Å². The Bertz CT molecular complexity index is 755. The number of nitrogens with two attached hydrogens (primary N) is 1. The molecule has 0 spiro atoms. The number of benzene rings is 1. The number of pyridine rings is 1. The maximum atomic E-state index is 8.59. The number of morpholine rings is 1. The Kier molecular flexibility index (Phi) is 5.19. The first-order valence-electron chi connectivity index (χ1n) is 8.49. The summed E-state index contributed by atoms with van der Waals surface area (Å²) in [4.78, 5) is 6.60. The molecule has 6 nitrogen and oxygen atoms in total. The van der Waals surface area contributed by atoms with E-state index in [0.717, 1.165) is 24.5 Å². The summed E-state index contributed by atoms with van der Waals surface area (Å²) in [6.07, 6.45) is 1.80. The van der Waals surface area contributed by atoms with Gasteiger partial charge in [0, 0.05) is 36.1 Å². The Balaban J connectivity index is 1.87. The molecule has 0 radical (unpaired) electrons. The minimum atomic E-state index is 0.0690. The molecule has 25 heavy (non-hydrogen) atoms. The number of hydrogen-bond donors (Lipinski definition) is 2. The fourth-order valence-corrected chi connectivity index (χ4v) is 2.79. The van der Waals surface area contributed by atoms with Crippen LogP contribution in [0.3, 0.4) is 0 Å². The molecule has 1 fully saturated rings. The minimum Gasteiger partial charge on any atom is -0.491 e. The second-order valence-corrected chi connectivity index (χ2v) is 6.29. The Morgan fingerprint density at radius 1 is 1.24 bits per heavy atom. The highest BCUT2D eigenvalue weighted by Gasteiger charge is 2.15. The van der Waals surface area contributed by atoms with E-state index in [9.17, 15) is 0 Å². The number of anilines is 2. The van der Waals surface area contributed by atoms with Crippen LogP contribution in [0.2, 0.25) is 0 Å². The van der Waals surface area contributed by atoms with Crippen molar-refractivity contribution in [1.29, 1.82) is 5.41 Å². The predicted octanol–water partition coefficient (Wildman–Crippen LogP) is 2.70. The zero-order chi connectivity index (χ0) is 17.8. The molecule has 1 aliphatic heterocycles. The average molecular weight is 340 g/mol. The molecular formula is C19H24N4O2. The van der Waals surface area contributed by atoms with E-state index in [2.05, 4.69) is 9.88 Å². The summed E-state index contributed by atoms with van der Waals surface area (Å²) in [7, 11) is 0. The van der Waals surface area contributed by atoms with Crippen LogP contribution in [0.15, 0.2) is 36.5 Å². The normalized spacial score (nSPS) is 14.6. The first-order valence-corrected chi connectivity index (χ1v) is 8.49. The third-order valence-corrected chi connectivity index (χ3v) is 4.04. The van der Waals surface area contributed by atoms with Gasteiger partial charge in [-0.2, -0.15) is 0 Å². The molecule has 1 aromatic heterocycles. The maximum absolute atomic E-state index is 8.59. The molecule has 1 aliphatic rings. The van der Waals surface area contributed by atoms with E-state index >= 15 is 0 Å². The Hall–Kier alpha value is -2.60. The summed E-state index contributed by atoms with van der Waals surface area (Å²) < 4.78 is 11.1. The fraction of sp³-hybridized carbons (Fsp3) is 0.368. The zero-order valence-electron chi connectivity index (χ0n) is 14.7. The summed E-state index contributed by atoms with van der Waals surface area (Å²) >= 11 is 0. The summed E-state index contributed by atoms with van der Waals surface area (Å²) in [5, 5.41) is 8.59. The molecule has 2 heterocycles. The molecule has 2 aromatic rings. The van der Waals surface area contributed by atoms with Gasteiger partial charge in [0.2, 0.25) is 0 Å². The number of nitrogens with zero attached hydrogens (tertiary/aromatic N) is 2. The number of nitrogen functional groups attached to an aromatic ring is 1. The molecule has 0 bridgehead atoms. The first kappa shape index (κ1) is 17.2. The van der Waals surface area contributed by atoms with Crippen molar-refractivity contribution in [2.45, 2.75) is 20.0 Å². The van der Waals surface area contributed by atoms with Gasteiger partial charge in [0.05, 0.1) is 25.0 Å². The number of hydrogen-bond acceptors (Lipinski definition) is 6. The average Bonchev–Trinajstić information content (AvgIpc) is 2.63. The van der Waals surface area contributed by atoms with Crippen LogP contribution in [-0.4, -0.2) is 43.1 Å². The number of nitrogens with one attached hydrogen (secondary N) is 1. The molecule has 1 saturated heterocycles. The van der Waals surface area contributed by atoms with E-state index in [-0.39, 0.29) is 6.10 Å². The van der Waals surface area contributed by atoms with E-state index in [4.69, 9.17) is 20.6 Å². The maximum Gasteiger partial charge on any atom is 0.129 e. The van der Waals surface area contributed by atoms with Crippen LogP contribution in [0.1, 0.15) is 25.0 Å². The lowest BCUT2D eigenvalue weighted by Crippen LogP contribution is -2.36. The van der Waals surface area contributed by atoms with Gasteiger partial charge in [0.25, 0.3) is 0 Å². The molecular weight excluding hydrogens is 316 g/mol. The third kappa shape index (κ3) is 4.09. The highest BCUT2D eigenvalue weighted by molar-refractivity contribution is 6.14. The molecule has 1 aromatic carbocycles. The van der Waals surface area contributed by atoms with Gasteiger partial charge < -0.3 is 20.1 Å². The lowest BCUT2D eigenvalue weighted by molar-refractivity contribution is 0.122. The van der Waals surface area contributed by atoms with E-state index in [1.165, 1.54) is 0 Å². The van der Waals surface area contributed by atoms with Crippen LogP contribution in [0, 0.1) is 5.41 Å². The predicted molar refractivity (Wildman–Crippen MR) is 99.8 cm³/mol. The summed E-state index contributed by atoms with van der Waals surface area (Å²) in [5.74, 6) is 1.57. The van der Waals surface area contributed by atoms with Crippen molar-refractivity contribution in [1.82, 2.24) is 4.98 Å². The summed E-state index contributed by atoms with van der Waals surface area (Å²) in [6.45, 7) is 6.96. The minimum absolute atomic E-state index is 0.0690. The van der Waals surface area contributed by atoms with Crippen molar-refractivity contribution in [2.24, 2.45) is 0 Å². The van der Waals surface area contributed by atoms with Gasteiger partial charge in [-0.1, -0.05) is 0 Å². The molecule has 6 heteroatoms. The second-order valence-electron chi connectivity index (χ2n) is 6.29. The number of aromatic nitrogens is 1. The van der Waals surface area contributed by atoms with Gasteiger partial charge in [-0.05, 0) is 44.2 Å². The molecule has 0 atom stereocenters. The lowest BCUT2D eigenvalue weighted by Gasteiger charge is -2.28. The summed E-state index contributed by atoms with van der Waals surface area (Å²) in [6, 6.07) is 9.21. The molecule has 132 valence electrons. The highest BCUT2D eigenvalue weighted by atomic mass is 16.5. The highest BCUT2D eigenvalue weighted by Crippen LogP contribution is 2.24. The van der Waals surface area contributed by atoms with Gasteiger partial charge in [0.15, 0.2) is 0 Å². The Morgan fingerprint density at radius 2 is 2.00 bits per heavy atom. The van der Waals surface area contributed by atoms with E-state index in [0.29, 0.717) is 35.9 Å².